The van der Waals surface area contributed by atoms with Gasteiger partial charge in [0, 0.05) is 31.6 Å². The first-order valence-electron chi connectivity index (χ1n) is 8.30. The van der Waals surface area contributed by atoms with Gasteiger partial charge in [-0.3, -0.25) is 0 Å². The number of nitrogens with one attached hydrogen (secondary N) is 1. The second-order valence-corrected chi connectivity index (χ2v) is 8.23. The molecule has 0 aliphatic carbocycles. The van der Waals surface area contributed by atoms with Gasteiger partial charge in [0.2, 0.25) is 0 Å². The minimum atomic E-state index is -2.30. The van der Waals surface area contributed by atoms with E-state index in [2.05, 4.69) is 34.6 Å². The van der Waals surface area contributed by atoms with E-state index in [1.165, 1.54) is 0 Å². The van der Waals surface area contributed by atoms with Gasteiger partial charge in [-0.05, 0) is 32.6 Å². The summed E-state index contributed by atoms with van der Waals surface area (Å²) in [5, 5.41) is 7.40. The van der Waals surface area contributed by atoms with Crippen LogP contribution < -0.4 is 0 Å². The van der Waals surface area contributed by atoms with Crippen molar-refractivity contribution < 1.29 is 13.3 Å². The van der Waals surface area contributed by atoms with Crippen LogP contribution in [0.1, 0.15) is 61.8 Å². The summed E-state index contributed by atoms with van der Waals surface area (Å²) in [4.78, 5) is 0. The van der Waals surface area contributed by atoms with E-state index in [9.17, 15) is 0 Å². The van der Waals surface area contributed by atoms with E-state index in [1.54, 1.807) is 0 Å². The lowest BCUT2D eigenvalue weighted by Crippen LogP contribution is -2.45. The molecule has 0 amide bonds. The minimum Gasteiger partial charge on any atom is -0.374 e. The topological polar surface area (TPSA) is 51.5 Å². The van der Waals surface area contributed by atoms with Crippen LogP contribution in [0.4, 0.5) is 0 Å². The third kappa shape index (κ3) is 11.0. The fourth-order valence-electron chi connectivity index (χ4n) is 1.97. The van der Waals surface area contributed by atoms with Crippen molar-refractivity contribution in [3.8, 4) is 0 Å². The van der Waals surface area contributed by atoms with Crippen LogP contribution in [0.3, 0.4) is 0 Å². The molecule has 0 aromatic heterocycles. The number of hydrogen-bond donors (Lipinski definition) is 1. The molecule has 21 heavy (non-hydrogen) atoms. The van der Waals surface area contributed by atoms with Gasteiger partial charge in [-0.15, -0.1) is 0 Å². The van der Waals surface area contributed by atoms with Crippen molar-refractivity contribution in [1.29, 1.82) is 5.41 Å². The second kappa shape index (κ2) is 13.4. The fourth-order valence-corrected chi connectivity index (χ4v) is 4.59. The van der Waals surface area contributed by atoms with E-state index in [1.807, 2.05) is 20.8 Å². The summed E-state index contributed by atoms with van der Waals surface area (Å²) in [5.41, 5.74) is 0.852. The molecule has 0 saturated carbocycles. The van der Waals surface area contributed by atoms with Crippen LogP contribution in [-0.4, -0.2) is 34.3 Å². The lowest BCUT2D eigenvalue weighted by atomic mass is 9.98. The summed E-state index contributed by atoms with van der Waals surface area (Å²) in [7, 11) is -2.30. The Morgan fingerprint density at radius 1 is 0.810 bits per heavy atom. The van der Waals surface area contributed by atoms with Crippen molar-refractivity contribution in [2.75, 3.05) is 19.8 Å². The van der Waals surface area contributed by atoms with E-state index < -0.39 is 8.80 Å². The quantitative estimate of drug-likeness (QED) is 0.466. The lowest BCUT2D eigenvalue weighted by molar-refractivity contribution is 0.0712. The average Bonchev–Trinajstić information content (AvgIpc) is 2.39. The molecule has 0 unspecified atom stereocenters. The highest BCUT2D eigenvalue weighted by molar-refractivity contribution is 6.60. The molecular weight excluding hydrogens is 282 g/mol. The molecule has 5 heteroatoms. The predicted octanol–water partition coefficient (Wildman–Crippen LogP) is 4.76. The van der Waals surface area contributed by atoms with Gasteiger partial charge in [-0.1, -0.05) is 41.0 Å². The highest BCUT2D eigenvalue weighted by Crippen LogP contribution is 2.17. The largest absolute Gasteiger partial charge is 0.500 e. The summed E-state index contributed by atoms with van der Waals surface area (Å²) < 4.78 is 16.9. The zero-order valence-electron chi connectivity index (χ0n) is 15.4. The zero-order chi connectivity index (χ0) is 16.9. The Bertz CT molecular complexity index is 218. The second-order valence-electron chi connectivity index (χ2n) is 5.50. The van der Waals surface area contributed by atoms with Crippen LogP contribution >= 0.6 is 0 Å². The third-order valence-corrected chi connectivity index (χ3v) is 6.19. The first-order chi connectivity index (χ1) is 9.80. The Kier molecular flexibility index (Phi) is 14.7. The zero-order valence-corrected chi connectivity index (χ0v) is 16.4. The first kappa shape index (κ1) is 23.0. The molecule has 0 fully saturated rings. The number of rotatable bonds is 10. The minimum absolute atomic E-state index is 0.426. The van der Waals surface area contributed by atoms with E-state index in [-0.39, 0.29) is 0 Å². The summed E-state index contributed by atoms with van der Waals surface area (Å²) >= 11 is 0. The Balaban J connectivity index is 0. The highest BCUT2D eigenvalue weighted by atomic mass is 28.4. The molecular formula is C16H37NO3Si. The van der Waals surface area contributed by atoms with Crippen molar-refractivity contribution in [3.63, 3.8) is 0 Å². The van der Waals surface area contributed by atoms with Crippen LogP contribution in [0.25, 0.3) is 0 Å². The van der Waals surface area contributed by atoms with Crippen LogP contribution in [-0.2, 0) is 13.3 Å². The standard InChI is InChI=1S/C9H22O3Si.C7H15N/c1-5-9-13(10-6-2,11-7-3)12-8-4;1-5(2)7(8)6(3)4/h5-9H2,1-4H3;5-6,8H,1-4H3. The van der Waals surface area contributed by atoms with E-state index in [4.69, 9.17) is 18.7 Å². The predicted molar refractivity (Wildman–Crippen MR) is 93.1 cm³/mol. The van der Waals surface area contributed by atoms with Crippen molar-refractivity contribution in [2.45, 2.75) is 67.9 Å². The highest BCUT2D eigenvalue weighted by Gasteiger charge is 2.38. The van der Waals surface area contributed by atoms with Gasteiger partial charge >= 0.3 is 8.80 Å². The smallest absolute Gasteiger partial charge is 0.374 e. The average molecular weight is 320 g/mol. The van der Waals surface area contributed by atoms with Gasteiger partial charge in [-0.25, -0.2) is 0 Å². The van der Waals surface area contributed by atoms with Crippen molar-refractivity contribution in [3.05, 3.63) is 0 Å². The van der Waals surface area contributed by atoms with Gasteiger partial charge in [0.1, 0.15) is 0 Å². The molecule has 4 nitrogen and oxygen atoms in total. The maximum absolute atomic E-state index is 7.40. The molecule has 0 heterocycles. The molecule has 0 radical (unpaired) electrons. The molecule has 0 aliphatic heterocycles. The third-order valence-electron chi connectivity index (χ3n) is 2.89. The molecule has 0 rings (SSSR count). The van der Waals surface area contributed by atoms with Crippen LogP contribution in [0.15, 0.2) is 0 Å². The first-order valence-corrected chi connectivity index (χ1v) is 10.2. The van der Waals surface area contributed by atoms with E-state index in [0.717, 1.165) is 18.2 Å². The summed E-state index contributed by atoms with van der Waals surface area (Å²) in [6.07, 6.45) is 1.05. The summed E-state index contributed by atoms with van der Waals surface area (Å²) in [6.45, 7) is 18.3. The molecule has 128 valence electrons. The summed E-state index contributed by atoms with van der Waals surface area (Å²) in [6, 6.07) is 0.919. The van der Waals surface area contributed by atoms with Crippen LogP contribution in [0, 0.1) is 17.2 Å². The maximum Gasteiger partial charge on any atom is 0.500 e. The molecule has 1 N–H and O–H groups in total. The Morgan fingerprint density at radius 3 is 1.29 bits per heavy atom. The monoisotopic (exact) mass is 319 g/mol. The van der Waals surface area contributed by atoms with Crippen molar-refractivity contribution >= 4 is 14.5 Å². The molecule has 0 saturated heterocycles. The van der Waals surface area contributed by atoms with Gasteiger partial charge < -0.3 is 18.7 Å². The normalized spacial score (nSPS) is 11.5. The molecule has 0 bridgehead atoms. The van der Waals surface area contributed by atoms with Gasteiger partial charge in [0.25, 0.3) is 0 Å². The maximum atomic E-state index is 7.40. The number of hydrogen-bond acceptors (Lipinski definition) is 4. The molecule has 0 atom stereocenters. The lowest BCUT2D eigenvalue weighted by Gasteiger charge is -2.27. The van der Waals surface area contributed by atoms with E-state index >= 15 is 0 Å². The van der Waals surface area contributed by atoms with Crippen LogP contribution in [0.5, 0.6) is 0 Å². The molecule has 0 aromatic carbocycles. The van der Waals surface area contributed by atoms with Gasteiger partial charge in [-0.2, -0.15) is 0 Å². The summed E-state index contributed by atoms with van der Waals surface area (Å²) in [5.74, 6) is 0.852. The SMILES string of the molecule is CC(C)C(=N)C(C)C.CCC[Si](OCC)(OCC)OCC. The Labute approximate surface area is 133 Å². The van der Waals surface area contributed by atoms with Crippen molar-refractivity contribution in [2.24, 2.45) is 11.8 Å². The van der Waals surface area contributed by atoms with Crippen LogP contribution in [0.2, 0.25) is 6.04 Å². The Morgan fingerprint density at radius 2 is 1.14 bits per heavy atom. The molecule has 0 spiro atoms. The van der Waals surface area contributed by atoms with E-state index in [0.29, 0.717) is 31.7 Å². The van der Waals surface area contributed by atoms with Crippen molar-refractivity contribution in [1.82, 2.24) is 0 Å². The fraction of sp³-hybridized carbons (Fsp3) is 0.938. The Hall–Kier alpha value is -0.233. The van der Waals surface area contributed by atoms with Gasteiger partial charge in [0.05, 0.1) is 0 Å². The molecule has 0 aliphatic rings. The molecule has 0 aromatic rings. The van der Waals surface area contributed by atoms with Gasteiger partial charge in [0.15, 0.2) is 0 Å².